The summed E-state index contributed by atoms with van der Waals surface area (Å²) in [5.74, 6) is 0.834. The number of halogens is 3. The molecular formula is C19H25F3N2O2S. The third-order valence-electron chi connectivity index (χ3n) is 5.14. The summed E-state index contributed by atoms with van der Waals surface area (Å²) in [6.07, 6.45) is 4.45. The number of hydrogen-bond donors (Lipinski definition) is 1. The molecular weight excluding hydrogens is 377 g/mol. The SMILES string of the molecule is O=C(CSC1CCCC1)NC1CCC(Oc2ccc(C(F)(F)F)cn2)CC1. The second-order valence-corrected chi connectivity index (χ2v) is 8.55. The first-order valence-electron chi connectivity index (χ1n) is 9.51. The Kier molecular flexibility index (Phi) is 6.89. The standard InChI is InChI=1S/C19H25F3N2O2S/c20-19(21,22)13-5-10-18(23-11-13)26-15-8-6-14(7-9-15)24-17(25)12-27-16-3-1-2-4-16/h5,10-11,14-16H,1-4,6-9,12H2,(H,24,25). The largest absolute Gasteiger partial charge is 0.474 e. The average molecular weight is 402 g/mol. The molecule has 8 heteroatoms. The van der Waals surface area contributed by atoms with E-state index >= 15 is 0 Å². The van der Waals surface area contributed by atoms with E-state index in [1.165, 1.54) is 31.7 Å². The monoisotopic (exact) mass is 402 g/mol. The lowest BCUT2D eigenvalue weighted by Gasteiger charge is -2.29. The fraction of sp³-hybridized carbons (Fsp3) is 0.684. The first kappa shape index (κ1) is 20.3. The van der Waals surface area contributed by atoms with Gasteiger partial charge in [0.2, 0.25) is 11.8 Å². The average Bonchev–Trinajstić information content (AvgIpc) is 3.15. The molecule has 0 atom stereocenters. The Hall–Kier alpha value is -1.44. The predicted octanol–water partition coefficient (Wildman–Crippen LogP) is 4.58. The zero-order chi connectivity index (χ0) is 19.3. The zero-order valence-electron chi connectivity index (χ0n) is 15.1. The van der Waals surface area contributed by atoms with Gasteiger partial charge >= 0.3 is 6.18 Å². The molecule has 1 amide bonds. The van der Waals surface area contributed by atoms with Crippen LogP contribution in [0.1, 0.15) is 56.9 Å². The van der Waals surface area contributed by atoms with E-state index < -0.39 is 11.7 Å². The lowest BCUT2D eigenvalue weighted by Crippen LogP contribution is -2.40. The summed E-state index contributed by atoms with van der Waals surface area (Å²) in [4.78, 5) is 15.8. The number of pyridine rings is 1. The van der Waals surface area contributed by atoms with E-state index in [-0.39, 0.29) is 23.9 Å². The van der Waals surface area contributed by atoms with Crippen LogP contribution in [0.4, 0.5) is 13.2 Å². The van der Waals surface area contributed by atoms with Gasteiger partial charge in [-0.2, -0.15) is 13.2 Å². The first-order valence-corrected chi connectivity index (χ1v) is 10.6. The number of carbonyl (C=O) groups is 1. The number of ether oxygens (including phenoxy) is 1. The number of amides is 1. The molecule has 2 fully saturated rings. The van der Waals surface area contributed by atoms with Gasteiger partial charge in [-0.3, -0.25) is 4.79 Å². The van der Waals surface area contributed by atoms with Crippen molar-refractivity contribution in [2.75, 3.05) is 5.75 Å². The summed E-state index contributed by atoms with van der Waals surface area (Å²) in [5, 5.41) is 3.73. The summed E-state index contributed by atoms with van der Waals surface area (Å²) < 4.78 is 43.3. The Morgan fingerprint density at radius 2 is 1.85 bits per heavy atom. The zero-order valence-corrected chi connectivity index (χ0v) is 16.0. The van der Waals surface area contributed by atoms with Crippen molar-refractivity contribution in [1.29, 1.82) is 0 Å². The van der Waals surface area contributed by atoms with Crippen LogP contribution in [0.5, 0.6) is 5.88 Å². The number of carbonyl (C=O) groups excluding carboxylic acids is 1. The maximum atomic E-state index is 12.6. The molecule has 0 saturated heterocycles. The summed E-state index contributed by atoms with van der Waals surface area (Å²) in [6.45, 7) is 0. The molecule has 1 aromatic heterocycles. The minimum atomic E-state index is -4.39. The van der Waals surface area contributed by atoms with Crippen LogP contribution in [-0.2, 0) is 11.0 Å². The Bertz CT molecular complexity index is 610. The molecule has 1 aromatic rings. The maximum absolute atomic E-state index is 12.6. The van der Waals surface area contributed by atoms with E-state index in [4.69, 9.17) is 4.74 Å². The first-order chi connectivity index (χ1) is 12.9. The molecule has 150 valence electrons. The van der Waals surface area contributed by atoms with Gasteiger partial charge in [0.1, 0.15) is 6.10 Å². The van der Waals surface area contributed by atoms with Gasteiger partial charge in [-0.05, 0) is 44.6 Å². The minimum Gasteiger partial charge on any atom is -0.474 e. The summed E-state index contributed by atoms with van der Waals surface area (Å²) in [5.41, 5.74) is -0.781. The topological polar surface area (TPSA) is 51.2 Å². The van der Waals surface area contributed by atoms with Gasteiger partial charge in [0.25, 0.3) is 0 Å². The van der Waals surface area contributed by atoms with Crippen molar-refractivity contribution in [3.63, 3.8) is 0 Å². The van der Waals surface area contributed by atoms with E-state index in [0.29, 0.717) is 11.0 Å². The Labute approximate surface area is 161 Å². The summed E-state index contributed by atoms with van der Waals surface area (Å²) >= 11 is 1.76. The lowest BCUT2D eigenvalue weighted by molar-refractivity contribution is -0.137. The molecule has 0 aliphatic heterocycles. The fourth-order valence-electron chi connectivity index (χ4n) is 3.63. The van der Waals surface area contributed by atoms with Crippen LogP contribution in [0.25, 0.3) is 0 Å². The second-order valence-electron chi connectivity index (χ2n) is 7.26. The van der Waals surface area contributed by atoms with Crippen LogP contribution in [0.2, 0.25) is 0 Å². The van der Waals surface area contributed by atoms with Crippen molar-refractivity contribution in [3.8, 4) is 5.88 Å². The van der Waals surface area contributed by atoms with E-state index in [1.54, 1.807) is 11.8 Å². The number of aromatic nitrogens is 1. The molecule has 27 heavy (non-hydrogen) atoms. The molecule has 2 aliphatic rings. The van der Waals surface area contributed by atoms with Crippen molar-refractivity contribution >= 4 is 17.7 Å². The van der Waals surface area contributed by atoms with Gasteiger partial charge in [0.05, 0.1) is 11.3 Å². The van der Waals surface area contributed by atoms with Gasteiger partial charge in [-0.1, -0.05) is 12.8 Å². The Balaban J connectivity index is 1.36. The van der Waals surface area contributed by atoms with E-state index in [1.807, 2.05) is 0 Å². The molecule has 4 nitrogen and oxygen atoms in total. The number of hydrogen-bond acceptors (Lipinski definition) is 4. The highest BCUT2D eigenvalue weighted by atomic mass is 32.2. The second kappa shape index (κ2) is 9.17. The third kappa shape index (κ3) is 6.30. The van der Waals surface area contributed by atoms with Crippen LogP contribution in [0, 0.1) is 0 Å². The van der Waals surface area contributed by atoms with Crippen LogP contribution in [0.3, 0.4) is 0 Å². The van der Waals surface area contributed by atoms with E-state index in [0.717, 1.165) is 37.9 Å². The normalized spacial score (nSPS) is 24.0. The van der Waals surface area contributed by atoms with Crippen LogP contribution < -0.4 is 10.1 Å². The third-order valence-corrected chi connectivity index (χ3v) is 6.51. The van der Waals surface area contributed by atoms with Crippen molar-refractivity contribution in [1.82, 2.24) is 10.3 Å². The highest BCUT2D eigenvalue weighted by Gasteiger charge is 2.31. The van der Waals surface area contributed by atoms with Gasteiger partial charge < -0.3 is 10.1 Å². The van der Waals surface area contributed by atoms with Crippen molar-refractivity contribution in [3.05, 3.63) is 23.9 Å². The van der Waals surface area contributed by atoms with Crippen molar-refractivity contribution < 1.29 is 22.7 Å². The molecule has 2 saturated carbocycles. The molecule has 0 aromatic carbocycles. The fourth-order valence-corrected chi connectivity index (χ4v) is 4.77. The highest BCUT2D eigenvalue weighted by Crippen LogP contribution is 2.31. The molecule has 1 heterocycles. The van der Waals surface area contributed by atoms with Gasteiger partial charge in [-0.25, -0.2) is 4.98 Å². The number of nitrogens with one attached hydrogen (secondary N) is 1. The number of thioether (sulfide) groups is 1. The van der Waals surface area contributed by atoms with Crippen LogP contribution >= 0.6 is 11.8 Å². The van der Waals surface area contributed by atoms with Gasteiger partial charge in [0.15, 0.2) is 0 Å². The van der Waals surface area contributed by atoms with Crippen molar-refractivity contribution in [2.45, 2.75) is 74.9 Å². The molecule has 0 bridgehead atoms. The molecule has 0 radical (unpaired) electrons. The number of nitrogens with zero attached hydrogens (tertiary/aromatic N) is 1. The highest BCUT2D eigenvalue weighted by molar-refractivity contribution is 8.00. The molecule has 2 aliphatic carbocycles. The summed E-state index contributed by atoms with van der Waals surface area (Å²) in [6, 6.07) is 2.40. The lowest BCUT2D eigenvalue weighted by atomic mass is 9.93. The van der Waals surface area contributed by atoms with Crippen LogP contribution in [0.15, 0.2) is 18.3 Å². The Morgan fingerprint density at radius 1 is 1.15 bits per heavy atom. The van der Waals surface area contributed by atoms with E-state index in [9.17, 15) is 18.0 Å². The van der Waals surface area contributed by atoms with Gasteiger partial charge in [0, 0.05) is 23.6 Å². The molecule has 3 rings (SSSR count). The van der Waals surface area contributed by atoms with Gasteiger partial charge in [-0.15, -0.1) is 11.8 Å². The Morgan fingerprint density at radius 3 is 2.44 bits per heavy atom. The number of rotatable bonds is 6. The minimum absolute atomic E-state index is 0.0738. The van der Waals surface area contributed by atoms with E-state index in [2.05, 4.69) is 10.3 Å². The number of alkyl halides is 3. The molecule has 0 unspecified atom stereocenters. The molecule has 1 N–H and O–H groups in total. The molecule has 0 spiro atoms. The predicted molar refractivity (Wildman–Crippen MR) is 98.8 cm³/mol. The summed E-state index contributed by atoms with van der Waals surface area (Å²) in [7, 11) is 0. The smallest absolute Gasteiger partial charge is 0.417 e. The quantitative estimate of drug-likeness (QED) is 0.757. The maximum Gasteiger partial charge on any atom is 0.417 e. The van der Waals surface area contributed by atoms with Crippen LogP contribution in [-0.4, -0.2) is 34.0 Å². The van der Waals surface area contributed by atoms with Crippen molar-refractivity contribution in [2.24, 2.45) is 0 Å².